The number of halogens is 2. The molecule has 1 aromatic rings. The maximum Gasteiger partial charge on any atom is 0.308 e. The van der Waals surface area contributed by atoms with Crippen molar-refractivity contribution in [1.82, 2.24) is 4.90 Å². The number of hydrogen-bond donors (Lipinski definition) is 1. The van der Waals surface area contributed by atoms with Crippen molar-refractivity contribution < 1.29 is 14.7 Å². The molecule has 0 radical (unpaired) electrons. The van der Waals surface area contributed by atoms with Gasteiger partial charge in [0.2, 0.25) is 5.91 Å². The summed E-state index contributed by atoms with van der Waals surface area (Å²) in [6.07, 6.45) is 4.32. The van der Waals surface area contributed by atoms with E-state index in [0.717, 1.165) is 0 Å². The minimum atomic E-state index is -0.852. The molecule has 112 valence electrons. The first-order valence-corrected chi connectivity index (χ1v) is 7.38. The molecular weight excluding hydrogens is 313 g/mol. The molecule has 0 spiro atoms. The minimum absolute atomic E-state index is 0.211. The van der Waals surface area contributed by atoms with E-state index in [2.05, 4.69) is 0 Å². The number of piperidine rings is 1. The number of aliphatic carboxylic acids is 1. The molecule has 0 aliphatic carbocycles. The summed E-state index contributed by atoms with van der Waals surface area (Å²) < 4.78 is 0. The molecule has 0 saturated carbocycles. The molecule has 2 rings (SSSR count). The molecule has 1 N–H and O–H groups in total. The fraction of sp³-hybridized carbons (Fsp3) is 0.333. The molecule has 1 aromatic carbocycles. The molecule has 21 heavy (non-hydrogen) atoms. The predicted molar refractivity (Wildman–Crippen MR) is 82.4 cm³/mol. The van der Waals surface area contributed by atoms with Gasteiger partial charge in [-0.25, -0.2) is 0 Å². The van der Waals surface area contributed by atoms with Gasteiger partial charge < -0.3 is 10.0 Å². The first kappa shape index (κ1) is 15.9. The highest BCUT2D eigenvalue weighted by atomic mass is 35.5. The Labute approximate surface area is 133 Å². The summed E-state index contributed by atoms with van der Waals surface area (Å²) >= 11 is 11.9. The Morgan fingerprint density at radius 3 is 2.81 bits per heavy atom. The number of carboxylic acid groups (broad SMARTS) is 1. The van der Waals surface area contributed by atoms with Gasteiger partial charge in [0.1, 0.15) is 0 Å². The summed E-state index contributed by atoms with van der Waals surface area (Å²) in [4.78, 5) is 24.7. The Kier molecular flexibility index (Phi) is 5.26. The third kappa shape index (κ3) is 3.99. The van der Waals surface area contributed by atoms with E-state index in [-0.39, 0.29) is 12.5 Å². The second-order valence-electron chi connectivity index (χ2n) is 4.94. The average Bonchev–Trinajstić information content (AvgIpc) is 2.48. The van der Waals surface area contributed by atoms with Crippen molar-refractivity contribution in [2.45, 2.75) is 12.8 Å². The van der Waals surface area contributed by atoms with Gasteiger partial charge in [0.05, 0.1) is 16.0 Å². The lowest BCUT2D eigenvalue weighted by Crippen LogP contribution is -2.41. The lowest BCUT2D eigenvalue weighted by atomic mass is 9.98. The summed E-state index contributed by atoms with van der Waals surface area (Å²) in [5, 5.41) is 9.84. The number of likely N-dealkylation sites (tertiary alicyclic amines) is 1. The van der Waals surface area contributed by atoms with E-state index < -0.39 is 11.9 Å². The van der Waals surface area contributed by atoms with Crippen molar-refractivity contribution in [3.05, 3.63) is 39.9 Å². The number of carboxylic acids is 1. The second-order valence-corrected chi connectivity index (χ2v) is 5.72. The highest BCUT2D eigenvalue weighted by Gasteiger charge is 2.27. The standard InChI is InChI=1S/C15H15Cl2NO3/c16-12-5-1-3-10(14(12)17)6-7-13(19)18-8-2-4-11(9-18)15(20)21/h1,3,5-7,11H,2,4,8-9H2,(H,20,21)/b7-6+/t11-/m0/s1. The van der Waals surface area contributed by atoms with E-state index in [9.17, 15) is 9.59 Å². The van der Waals surface area contributed by atoms with Crippen LogP contribution < -0.4 is 0 Å². The topological polar surface area (TPSA) is 57.6 Å². The number of rotatable bonds is 3. The Hall–Kier alpha value is -1.52. The number of nitrogens with zero attached hydrogens (tertiary/aromatic N) is 1. The monoisotopic (exact) mass is 327 g/mol. The van der Waals surface area contributed by atoms with E-state index in [1.54, 1.807) is 29.2 Å². The molecule has 1 aliphatic heterocycles. The Morgan fingerprint density at radius 2 is 2.10 bits per heavy atom. The molecule has 0 bridgehead atoms. The van der Waals surface area contributed by atoms with Crippen molar-refractivity contribution in [3.8, 4) is 0 Å². The van der Waals surface area contributed by atoms with Crippen LogP contribution in [0.5, 0.6) is 0 Å². The van der Waals surface area contributed by atoms with Crippen LogP contribution in [0.25, 0.3) is 6.08 Å². The van der Waals surface area contributed by atoms with Crippen LogP contribution >= 0.6 is 23.2 Å². The van der Waals surface area contributed by atoms with Gasteiger partial charge in [-0.1, -0.05) is 35.3 Å². The first-order valence-electron chi connectivity index (χ1n) is 6.63. The van der Waals surface area contributed by atoms with Gasteiger partial charge >= 0.3 is 5.97 Å². The summed E-state index contributed by atoms with van der Waals surface area (Å²) in [5.74, 6) is -1.54. The van der Waals surface area contributed by atoms with Crippen LogP contribution in [0, 0.1) is 5.92 Å². The molecular formula is C15H15Cl2NO3. The molecule has 0 unspecified atom stereocenters. The summed E-state index contributed by atoms with van der Waals surface area (Å²) in [7, 11) is 0. The fourth-order valence-corrected chi connectivity index (χ4v) is 2.67. The van der Waals surface area contributed by atoms with Crippen LogP contribution in [-0.2, 0) is 9.59 Å². The van der Waals surface area contributed by atoms with E-state index in [1.165, 1.54) is 6.08 Å². The van der Waals surface area contributed by atoms with Gasteiger partial charge in [-0.15, -0.1) is 0 Å². The van der Waals surface area contributed by atoms with Gasteiger partial charge in [0.15, 0.2) is 0 Å². The maximum absolute atomic E-state index is 12.1. The van der Waals surface area contributed by atoms with Crippen LogP contribution in [0.15, 0.2) is 24.3 Å². The first-order chi connectivity index (χ1) is 9.99. The van der Waals surface area contributed by atoms with Gasteiger partial charge in [-0.05, 0) is 30.5 Å². The van der Waals surface area contributed by atoms with Crippen LogP contribution in [0.2, 0.25) is 10.0 Å². The van der Waals surface area contributed by atoms with Crippen molar-refractivity contribution >= 4 is 41.2 Å². The lowest BCUT2D eigenvalue weighted by Gasteiger charge is -2.29. The number of benzene rings is 1. The quantitative estimate of drug-likeness (QED) is 0.866. The van der Waals surface area contributed by atoms with Crippen LogP contribution in [0.3, 0.4) is 0 Å². The van der Waals surface area contributed by atoms with Crippen LogP contribution in [-0.4, -0.2) is 35.0 Å². The Morgan fingerprint density at radius 1 is 1.33 bits per heavy atom. The van der Waals surface area contributed by atoms with E-state index in [4.69, 9.17) is 28.3 Å². The molecule has 0 aromatic heterocycles. The molecule has 4 nitrogen and oxygen atoms in total. The van der Waals surface area contributed by atoms with Crippen LogP contribution in [0.4, 0.5) is 0 Å². The van der Waals surface area contributed by atoms with Gasteiger partial charge in [-0.3, -0.25) is 9.59 Å². The molecule has 1 saturated heterocycles. The molecule has 1 heterocycles. The fourth-order valence-electron chi connectivity index (χ4n) is 2.29. The normalized spacial score (nSPS) is 19.0. The largest absolute Gasteiger partial charge is 0.481 e. The van der Waals surface area contributed by atoms with Gasteiger partial charge in [0, 0.05) is 19.2 Å². The number of carbonyl (C=O) groups is 2. The molecule has 1 amide bonds. The molecule has 6 heteroatoms. The Balaban J connectivity index is 2.05. The number of hydrogen-bond acceptors (Lipinski definition) is 2. The van der Waals surface area contributed by atoms with Crippen LogP contribution in [0.1, 0.15) is 18.4 Å². The van der Waals surface area contributed by atoms with E-state index >= 15 is 0 Å². The van der Waals surface area contributed by atoms with Crippen molar-refractivity contribution in [1.29, 1.82) is 0 Å². The molecule has 1 aliphatic rings. The summed E-state index contributed by atoms with van der Waals surface area (Å²) in [5.41, 5.74) is 0.657. The molecule has 1 atom stereocenters. The maximum atomic E-state index is 12.1. The van der Waals surface area contributed by atoms with Gasteiger partial charge in [-0.2, -0.15) is 0 Å². The number of amides is 1. The predicted octanol–water partition coefficient (Wildman–Crippen LogP) is 3.33. The van der Waals surface area contributed by atoms with Crippen molar-refractivity contribution in [3.63, 3.8) is 0 Å². The van der Waals surface area contributed by atoms with Crippen molar-refractivity contribution in [2.24, 2.45) is 5.92 Å². The highest BCUT2D eigenvalue weighted by Crippen LogP contribution is 2.26. The zero-order valence-electron chi connectivity index (χ0n) is 11.3. The summed E-state index contributed by atoms with van der Waals surface area (Å²) in [6.45, 7) is 0.831. The Bertz CT molecular complexity index is 586. The second kappa shape index (κ2) is 6.96. The lowest BCUT2D eigenvalue weighted by molar-refractivity contribution is -0.144. The number of carbonyl (C=O) groups excluding carboxylic acids is 1. The zero-order valence-corrected chi connectivity index (χ0v) is 12.8. The SMILES string of the molecule is O=C(O)[C@H]1CCCN(C(=O)/C=C/c2cccc(Cl)c2Cl)C1. The summed E-state index contributed by atoms with van der Waals surface area (Å²) in [6, 6.07) is 5.18. The average molecular weight is 328 g/mol. The third-order valence-corrected chi connectivity index (χ3v) is 4.30. The zero-order chi connectivity index (χ0) is 15.4. The highest BCUT2D eigenvalue weighted by molar-refractivity contribution is 6.42. The van der Waals surface area contributed by atoms with E-state index in [0.29, 0.717) is 35.0 Å². The molecule has 1 fully saturated rings. The minimum Gasteiger partial charge on any atom is -0.481 e. The smallest absolute Gasteiger partial charge is 0.308 e. The van der Waals surface area contributed by atoms with Crippen molar-refractivity contribution in [2.75, 3.05) is 13.1 Å². The van der Waals surface area contributed by atoms with Gasteiger partial charge in [0.25, 0.3) is 0 Å². The third-order valence-electron chi connectivity index (χ3n) is 3.47. The van der Waals surface area contributed by atoms with E-state index in [1.807, 2.05) is 0 Å².